The van der Waals surface area contributed by atoms with Gasteiger partial charge in [0.1, 0.15) is 6.54 Å². The number of carboxylic acids is 1. The van der Waals surface area contributed by atoms with Crippen molar-refractivity contribution in [3.8, 4) is 0 Å². The van der Waals surface area contributed by atoms with Crippen LogP contribution in [0.15, 0.2) is 0 Å². The molecule has 0 aliphatic carbocycles. The van der Waals surface area contributed by atoms with Gasteiger partial charge in [-0.25, -0.2) is 4.79 Å². The minimum absolute atomic E-state index is 0.180. The Bertz CT molecular complexity index is 302. The lowest BCUT2D eigenvalue weighted by molar-refractivity contribution is -0.137. The second kappa shape index (κ2) is 6.58. The van der Waals surface area contributed by atoms with E-state index >= 15 is 0 Å². The molecule has 2 N–H and O–H groups in total. The second-order valence-electron chi connectivity index (χ2n) is 5.48. The summed E-state index contributed by atoms with van der Waals surface area (Å²) in [5.74, 6) is -0.863. The first-order valence-electron chi connectivity index (χ1n) is 5.97. The molecule has 0 aromatic heterocycles. The van der Waals surface area contributed by atoms with Crippen LogP contribution < -0.4 is 0 Å². The predicted molar refractivity (Wildman–Crippen MR) is 68.4 cm³/mol. The fourth-order valence-corrected chi connectivity index (χ4v) is 1.39. The fourth-order valence-electron chi connectivity index (χ4n) is 1.39. The molecule has 106 valence electrons. The van der Waals surface area contributed by atoms with Gasteiger partial charge in [-0.2, -0.15) is 0 Å². The first-order chi connectivity index (χ1) is 8.11. The lowest BCUT2D eigenvalue weighted by atomic mass is 10.1. The number of likely N-dealkylation sites (N-methyl/N-ethyl adjacent to an activating group) is 1. The zero-order chi connectivity index (χ0) is 14.5. The van der Waals surface area contributed by atoms with Crippen LogP contribution in [0.4, 0.5) is 4.79 Å². The van der Waals surface area contributed by atoms with Gasteiger partial charge in [0.15, 0.2) is 0 Å². The van der Waals surface area contributed by atoms with Gasteiger partial charge in [-0.05, 0) is 19.8 Å². The van der Waals surface area contributed by atoms with Crippen LogP contribution >= 0.6 is 0 Å². The number of carbonyl (C=O) groups excluding carboxylic acids is 1. The third kappa shape index (κ3) is 4.91. The SMILES string of the molecule is CC(C)CN(CC(=O)O)C(=O)N(C)C(C)(C)CO. The molecule has 0 aromatic rings. The number of rotatable bonds is 6. The summed E-state index contributed by atoms with van der Waals surface area (Å²) in [4.78, 5) is 25.6. The van der Waals surface area contributed by atoms with Crippen molar-refractivity contribution in [1.29, 1.82) is 0 Å². The molecule has 6 heteroatoms. The normalized spacial score (nSPS) is 11.5. The summed E-state index contributed by atoms with van der Waals surface area (Å²) in [6.07, 6.45) is 0. The van der Waals surface area contributed by atoms with Crippen LogP contribution in [0.3, 0.4) is 0 Å². The molecule has 0 aromatic carbocycles. The van der Waals surface area contributed by atoms with Crippen LogP contribution in [0, 0.1) is 5.92 Å². The number of carbonyl (C=O) groups is 2. The Morgan fingerprint density at radius 1 is 1.28 bits per heavy atom. The van der Waals surface area contributed by atoms with Gasteiger partial charge < -0.3 is 20.0 Å². The highest BCUT2D eigenvalue weighted by Gasteiger charge is 2.31. The number of aliphatic hydroxyl groups excluding tert-OH is 1. The predicted octanol–water partition coefficient (Wildman–Crippen LogP) is 0.852. The molecule has 0 radical (unpaired) electrons. The third-order valence-electron chi connectivity index (χ3n) is 2.76. The highest BCUT2D eigenvalue weighted by molar-refractivity contribution is 5.80. The Morgan fingerprint density at radius 2 is 1.78 bits per heavy atom. The van der Waals surface area contributed by atoms with Crippen LogP contribution in [0.25, 0.3) is 0 Å². The van der Waals surface area contributed by atoms with E-state index < -0.39 is 11.5 Å². The van der Waals surface area contributed by atoms with E-state index in [9.17, 15) is 14.7 Å². The molecule has 0 heterocycles. The van der Waals surface area contributed by atoms with E-state index in [1.807, 2.05) is 13.8 Å². The number of carboxylic acid groups (broad SMARTS) is 1. The maximum Gasteiger partial charge on any atom is 0.323 e. The highest BCUT2D eigenvalue weighted by Crippen LogP contribution is 2.14. The average Bonchev–Trinajstić information content (AvgIpc) is 2.24. The van der Waals surface area contributed by atoms with E-state index in [1.54, 1.807) is 20.9 Å². The molecule has 0 spiro atoms. The van der Waals surface area contributed by atoms with Crippen molar-refractivity contribution in [1.82, 2.24) is 9.80 Å². The first-order valence-corrected chi connectivity index (χ1v) is 5.97. The summed E-state index contributed by atoms with van der Waals surface area (Å²) in [6.45, 7) is 7.13. The van der Waals surface area contributed by atoms with E-state index in [4.69, 9.17) is 5.11 Å². The number of nitrogens with zero attached hydrogens (tertiary/aromatic N) is 2. The van der Waals surface area contributed by atoms with Gasteiger partial charge in [0.25, 0.3) is 0 Å². The van der Waals surface area contributed by atoms with Crippen molar-refractivity contribution < 1.29 is 19.8 Å². The quantitative estimate of drug-likeness (QED) is 0.742. The standard InChI is InChI=1S/C12H24N2O4/c1-9(2)6-14(7-10(16)17)11(18)13(5)12(3,4)8-15/h9,15H,6-8H2,1-5H3,(H,16,17). The zero-order valence-electron chi connectivity index (χ0n) is 11.8. The Kier molecular flexibility index (Phi) is 6.11. The smallest absolute Gasteiger partial charge is 0.323 e. The molecule has 2 amide bonds. The van der Waals surface area contributed by atoms with Crippen LogP contribution in [0.1, 0.15) is 27.7 Å². The Hall–Kier alpha value is -1.30. The zero-order valence-corrected chi connectivity index (χ0v) is 11.8. The van der Waals surface area contributed by atoms with Gasteiger partial charge >= 0.3 is 12.0 Å². The molecule has 0 atom stereocenters. The minimum atomic E-state index is -1.04. The van der Waals surface area contributed by atoms with E-state index in [2.05, 4.69) is 0 Å². The Morgan fingerprint density at radius 3 is 2.11 bits per heavy atom. The first kappa shape index (κ1) is 16.7. The molecule has 0 saturated heterocycles. The molecular formula is C12H24N2O4. The van der Waals surface area contributed by atoms with Gasteiger partial charge in [0.2, 0.25) is 0 Å². The number of urea groups is 1. The van der Waals surface area contributed by atoms with Gasteiger partial charge in [-0.3, -0.25) is 4.79 Å². The lowest BCUT2D eigenvalue weighted by Crippen LogP contribution is -2.54. The van der Waals surface area contributed by atoms with Crippen LogP contribution in [-0.4, -0.2) is 64.3 Å². The third-order valence-corrected chi connectivity index (χ3v) is 2.76. The second-order valence-corrected chi connectivity index (χ2v) is 5.48. The van der Waals surface area contributed by atoms with Crippen LogP contribution in [0.2, 0.25) is 0 Å². The van der Waals surface area contributed by atoms with E-state index in [1.165, 1.54) is 9.80 Å². The summed E-state index contributed by atoms with van der Waals surface area (Å²) in [5, 5.41) is 18.1. The molecule has 0 aliphatic heterocycles. The number of aliphatic carboxylic acids is 1. The Labute approximate surface area is 108 Å². The van der Waals surface area contributed by atoms with Gasteiger partial charge in [0, 0.05) is 13.6 Å². The van der Waals surface area contributed by atoms with Crippen molar-refractivity contribution in [2.24, 2.45) is 5.92 Å². The van der Waals surface area contributed by atoms with Crippen molar-refractivity contribution in [3.63, 3.8) is 0 Å². The van der Waals surface area contributed by atoms with Crippen LogP contribution in [-0.2, 0) is 4.79 Å². The molecule has 18 heavy (non-hydrogen) atoms. The molecule has 0 saturated carbocycles. The largest absolute Gasteiger partial charge is 0.480 e. The van der Waals surface area contributed by atoms with Crippen molar-refractivity contribution >= 4 is 12.0 Å². The monoisotopic (exact) mass is 260 g/mol. The Balaban J connectivity index is 4.89. The van der Waals surface area contributed by atoms with Gasteiger partial charge in [-0.15, -0.1) is 0 Å². The van der Waals surface area contributed by atoms with E-state index in [0.717, 1.165) is 0 Å². The number of aliphatic hydroxyl groups is 1. The summed E-state index contributed by atoms with van der Waals surface area (Å²) in [6, 6.07) is -0.384. The summed E-state index contributed by atoms with van der Waals surface area (Å²) in [7, 11) is 1.56. The van der Waals surface area contributed by atoms with Crippen molar-refractivity contribution in [2.75, 3.05) is 26.7 Å². The molecule has 0 bridgehead atoms. The van der Waals surface area contributed by atoms with Crippen molar-refractivity contribution in [2.45, 2.75) is 33.2 Å². The van der Waals surface area contributed by atoms with Gasteiger partial charge in [0.05, 0.1) is 12.1 Å². The maximum atomic E-state index is 12.2. The number of amides is 2. The summed E-state index contributed by atoms with van der Waals surface area (Å²) >= 11 is 0. The summed E-state index contributed by atoms with van der Waals surface area (Å²) < 4.78 is 0. The number of hydrogen-bond donors (Lipinski definition) is 2. The van der Waals surface area contributed by atoms with E-state index in [0.29, 0.717) is 6.54 Å². The number of hydrogen-bond acceptors (Lipinski definition) is 3. The molecule has 0 rings (SSSR count). The fraction of sp³-hybridized carbons (Fsp3) is 0.833. The lowest BCUT2D eigenvalue weighted by Gasteiger charge is -2.37. The molecule has 0 unspecified atom stereocenters. The van der Waals surface area contributed by atoms with Crippen molar-refractivity contribution in [3.05, 3.63) is 0 Å². The molecule has 6 nitrogen and oxygen atoms in total. The van der Waals surface area contributed by atoms with Gasteiger partial charge in [-0.1, -0.05) is 13.8 Å². The molecular weight excluding hydrogens is 236 g/mol. The highest BCUT2D eigenvalue weighted by atomic mass is 16.4. The van der Waals surface area contributed by atoms with Crippen LogP contribution in [0.5, 0.6) is 0 Å². The topological polar surface area (TPSA) is 81.1 Å². The average molecular weight is 260 g/mol. The molecule has 0 fully saturated rings. The molecule has 0 aliphatic rings. The minimum Gasteiger partial charge on any atom is -0.480 e. The maximum absolute atomic E-state index is 12.2. The summed E-state index contributed by atoms with van der Waals surface area (Å²) in [5.41, 5.74) is -0.717. The van der Waals surface area contributed by atoms with E-state index in [-0.39, 0.29) is 25.1 Å².